The van der Waals surface area contributed by atoms with Gasteiger partial charge in [0.1, 0.15) is 11.3 Å². The molecule has 2 aromatic rings. The van der Waals surface area contributed by atoms with Crippen LogP contribution in [0.15, 0.2) is 18.5 Å². The fourth-order valence-electron chi connectivity index (χ4n) is 2.98. The molecule has 1 aliphatic rings. The first-order chi connectivity index (χ1) is 12.5. The Bertz CT molecular complexity index is 769. The smallest absolute Gasteiger partial charge is 0.223 e. The van der Waals surface area contributed by atoms with Crippen LogP contribution in [-0.4, -0.2) is 52.6 Å². The molecule has 2 aromatic heterocycles. The number of fused-ring (bicyclic) bond motifs is 1. The van der Waals surface area contributed by atoms with Gasteiger partial charge in [-0.3, -0.25) is 4.21 Å². The minimum absolute atomic E-state index is 0.0625. The number of pyridine rings is 2. The average molecular weight is 400 g/mol. The molecule has 144 valence electrons. The molecule has 2 atom stereocenters. The van der Waals surface area contributed by atoms with Gasteiger partial charge in [0.15, 0.2) is 0 Å². The Kier molecular flexibility index (Phi) is 7.76. The molecule has 8 heteroatoms. The molecule has 0 radical (unpaired) electrons. The number of hydrogen-bond acceptors (Lipinski definition) is 6. The summed E-state index contributed by atoms with van der Waals surface area (Å²) in [5.41, 5.74) is 5.56. The van der Waals surface area contributed by atoms with E-state index < -0.39 is 10.8 Å². The molecule has 0 spiro atoms. The lowest BCUT2D eigenvalue weighted by Crippen LogP contribution is -2.40. The van der Waals surface area contributed by atoms with Crippen molar-refractivity contribution in [2.75, 3.05) is 27.0 Å². The largest absolute Gasteiger partial charge is 0.474 e. The molecular weight excluding hydrogens is 374 g/mol. The van der Waals surface area contributed by atoms with Gasteiger partial charge >= 0.3 is 0 Å². The van der Waals surface area contributed by atoms with E-state index in [1.807, 2.05) is 12.3 Å². The number of methoxy groups -OCH3 is 1. The number of hydrogen-bond donors (Lipinski definition) is 1. The number of rotatable bonds is 6. The monoisotopic (exact) mass is 399 g/mol. The first-order valence-corrected chi connectivity index (χ1v) is 10.5. The van der Waals surface area contributed by atoms with Crippen LogP contribution in [-0.2, 0) is 15.5 Å². The van der Waals surface area contributed by atoms with E-state index in [1.54, 1.807) is 19.6 Å². The van der Waals surface area contributed by atoms with Gasteiger partial charge in [-0.05, 0) is 36.9 Å². The third-order valence-corrected chi connectivity index (χ3v) is 6.01. The molecule has 0 bridgehead atoms. The molecule has 2 heterocycles. The van der Waals surface area contributed by atoms with Gasteiger partial charge in [-0.25, -0.2) is 9.97 Å². The topological polar surface area (TPSA) is 87.3 Å². The maximum Gasteiger partial charge on any atom is 0.223 e. The highest BCUT2D eigenvalue weighted by Gasteiger charge is 2.34. The number of ether oxygens (including phenoxy) is 2. The second-order valence-corrected chi connectivity index (χ2v) is 8.31. The van der Waals surface area contributed by atoms with Crippen LogP contribution in [0.2, 0.25) is 5.15 Å². The molecule has 1 fully saturated rings. The summed E-state index contributed by atoms with van der Waals surface area (Å²) < 4.78 is 22.7. The molecule has 0 saturated heterocycles. The standard InChI is InChI=1S/C17H21ClN2O3S.CH5N/c1-10(9-22-2)14-7-20-17(15-8-19-16(18)6-13(14)15)23-11-4-12(5-11)24(3)21;1-2/h6-8,10-12H,4-5,9H2,1-3H3;2H2,1H3. The highest BCUT2D eigenvalue weighted by atomic mass is 35.5. The summed E-state index contributed by atoms with van der Waals surface area (Å²) in [5, 5.41) is 2.51. The fraction of sp³-hybridized carbons (Fsp3) is 0.556. The third-order valence-electron chi connectivity index (χ3n) is 4.48. The Balaban J connectivity index is 0.00000117. The Morgan fingerprint density at radius 2 is 2.00 bits per heavy atom. The maximum atomic E-state index is 11.5. The molecular formula is C18H26ClN3O3S. The van der Waals surface area contributed by atoms with Gasteiger partial charge in [0.25, 0.3) is 0 Å². The van der Waals surface area contributed by atoms with Crippen molar-refractivity contribution in [2.24, 2.45) is 5.73 Å². The predicted octanol–water partition coefficient (Wildman–Crippen LogP) is 2.90. The lowest BCUT2D eigenvalue weighted by molar-refractivity contribution is 0.121. The Morgan fingerprint density at radius 3 is 2.62 bits per heavy atom. The van der Waals surface area contributed by atoms with Gasteiger partial charge in [0, 0.05) is 47.7 Å². The summed E-state index contributed by atoms with van der Waals surface area (Å²) in [6, 6.07) is 1.84. The third kappa shape index (κ3) is 4.71. The first-order valence-electron chi connectivity index (χ1n) is 8.49. The molecule has 1 aliphatic carbocycles. The lowest BCUT2D eigenvalue weighted by atomic mass is 9.95. The zero-order chi connectivity index (χ0) is 19.3. The van der Waals surface area contributed by atoms with Crippen molar-refractivity contribution in [1.82, 2.24) is 9.97 Å². The van der Waals surface area contributed by atoms with Gasteiger partial charge in [-0.2, -0.15) is 0 Å². The van der Waals surface area contributed by atoms with Gasteiger partial charge in [0.2, 0.25) is 5.88 Å². The second kappa shape index (κ2) is 9.60. The van der Waals surface area contributed by atoms with Crippen LogP contribution in [0, 0.1) is 0 Å². The van der Waals surface area contributed by atoms with Crippen molar-refractivity contribution in [1.29, 1.82) is 0 Å². The van der Waals surface area contributed by atoms with Crippen LogP contribution in [0.3, 0.4) is 0 Å². The molecule has 26 heavy (non-hydrogen) atoms. The Labute approximate surface area is 161 Å². The highest BCUT2D eigenvalue weighted by molar-refractivity contribution is 7.84. The van der Waals surface area contributed by atoms with E-state index >= 15 is 0 Å². The summed E-state index contributed by atoms with van der Waals surface area (Å²) in [4.78, 5) is 8.67. The summed E-state index contributed by atoms with van der Waals surface area (Å²) >= 11 is 6.09. The minimum atomic E-state index is -0.789. The fourth-order valence-corrected chi connectivity index (χ4v) is 4.10. The molecule has 2 N–H and O–H groups in total. The van der Waals surface area contributed by atoms with Gasteiger partial charge < -0.3 is 15.2 Å². The van der Waals surface area contributed by atoms with Crippen LogP contribution in [0.5, 0.6) is 5.88 Å². The summed E-state index contributed by atoms with van der Waals surface area (Å²) in [5.74, 6) is 0.751. The highest BCUT2D eigenvalue weighted by Crippen LogP contribution is 2.35. The molecule has 0 aliphatic heterocycles. The van der Waals surface area contributed by atoms with E-state index in [9.17, 15) is 4.21 Å². The minimum Gasteiger partial charge on any atom is -0.474 e. The van der Waals surface area contributed by atoms with E-state index in [-0.39, 0.29) is 17.3 Å². The van der Waals surface area contributed by atoms with Crippen LogP contribution >= 0.6 is 11.6 Å². The Morgan fingerprint density at radius 1 is 1.31 bits per heavy atom. The van der Waals surface area contributed by atoms with Crippen molar-refractivity contribution in [2.45, 2.75) is 37.0 Å². The quantitative estimate of drug-likeness (QED) is 0.751. The van der Waals surface area contributed by atoms with Crippen molar-refractivity contribution in [3.63, 3.8) is 0 Å². The van der Waals surface area contributed by atoms with Gasteiger partial charge in [0.05, 0.1) is 12.0 Å². The van der Waals surface area contributed by atoms with Crippen molar-refractivity contribution < 1.29 is 13.7 Å². The van der Waals surface area contributed by atoms with E-state index in [0.717, 1.165) is 29.2 Å². The molecule has 3 rings (SSSR count). The maximum absolute atomic E-state index is 11.5. The van der Waals surface area contributed by atoms with Crippen LogP contribution in [0.25, 0.3) is 10.8 Å². The van der Waals surface area contributed by atoms with Crippen molar-refractivity contribution >= 4 is 33.2 Å². The SMILES string of the molecule is CN.COCC(C)c1cnc(OC2CC(S(C)=O)C2)c2cnc(Cl)cc12. The summed E-state index contributed by atoms with van der Waals surface area (Å²) in [6.45, 7) is 2.69. The van der Waals surface area contributed by atoms with Gasteiger partial charge in [-0.1, -0.05) is 18.5 Å². The zero-order valence-corrected chi connectivity index (χ0v) is 17.1. The lowest BCUT2D eigenvalue weighted by Gasteiger charge is -2.33. The molecule has 6 nitrogen and oxygen atoms in total. The first kappa shape index (κ1) is 21.0. The zero-order valence-electron chi connectivity index (χ0n) is 15.6. The van der Waals surface area contributed by atoms with Crippen molar-refractivity contribution in [3.8, 4) is 5.88 Å². The van der Waals surface area contributed by atoms with E-state index in [2.05, 4.69) is 22.6 Å². The molecule has 0 aromatic carbocycles. The number of halogens is 1. The van der Waals surface area contributed by atoms with Crippen LogP contribution < -0.4 is 10.5 Å². The van der Waals surface area contributed by atoms with Crippen LogP contribution in [0.4, 0.5) is 0 Å². The normalized spacial score (nSPS) is 21.3. The van der Waals surface area contributed by atoms with E-state index in [0.29, 0.717) is 17.6 Å². The molecule has 0 amide bonds. The van der Waals surface area contributed by atoms with Gasteiger partial charge in [-0.15, -0.1) is 0 Å². The molecule has 2 unspecified atom stereocenters. The number of nitrogens with two attached hydrogens (primary N) is 1. The van der Waals surface area contributed by atoms with Crippen LogP contribution in [0.1, 0.15) is 31.2 Å². The second-order valence-electron chi connectivity index (χ2n) is 6.26. The predicted molar refractivity (Wildman–Crippen MR) is 106 cm³/mol. The summed E-state index contributed by atoms with van der Waals surface area (Å²) in [7, 11) is 2.39. The Hall–Kier alpha value is -1.28. The molecule has 1 saturated carbocycles. The number of aromatic nitrogens is 2. The number of nitrogens with zero attached hydrogens (tertiary/aromatic N) is 2. The van der Waals surface area contributed by atoms with E-state index in [1.165, 1.54) is 7.05 Å². The summed E-state index contributed by atoms with van der Waals surface area (Å²) in [6.07, 6.45) is 6.94. The average Bonchev–Trinajstić information content (AvgIpc) is 2.58. The van der Waals surface area contributed by atoms with E-state index in [4.69, 9.17) is 21.1 Å². The van der Waals surface area contributed by atoms with Crippen molar-refractivity contribution in [3.05, 3.63) is 29.2 Å².